The SMILES string of the molecule is O=c1oc2cccc(-c3ccc4c(c3)c3ccccc3n4-c3ccccc3)c2c2ccccc12. The number of aromatic nitrogens is 1. The third-order valence-electron chi connectivity index (χ3n) is 6.64. The highest BCUT2D eigenvalue weighted by Gasteiger charge is 2.15. The molecule has 7 aromatic rings. The first-order chi connectivity index (χ1) is 16.8. The van der Waals surface area contributed by atoms with E-state index >= 15 is 0 Å². The summed E-state index contributed by atoms with van der Waals surface area (Å²) in [7, 11) is 0. The monoisotopic (exact) mass is 437 g/mol. The van der Waals surface area contributed by atoms with Gasteiger partial charge in [-0.25, -0.2) is 4.79 Å². The molecule has 0 aliphatic heterocycles. The van der Waals surface area contributed by atoms with Crippen LogP contribution < -0.4 is 5.63 Å². The van der Waals surface area contributed by atoms with Crippen molar-refractivity contribution in [3.05, 3.63) is 126 Å². The second-order valence-corrected chi connectivity index (χ2v) is 8.53. The highest BCUT2D eigenvalue weighted by Crippen LogP contribution is 2.38. The van der Waals surface area contributed by atoms with E-state index in [9.17, 15) is 4.79 Å². The Labute approximate surface area is 195 Å². The average molecular weight is 437 g/mol. The molecule has 2 heterocycles. The summed E-state index contributed by atoms with van der Waals surface area (Å²) in [4.78, 5) is 12.5. The number of benzene rings is 5. The molecule has 0 amide bonds. The Morgan fingerprint density at radius 3 is 2.12 bits per heavy atom. The molecule has 0 fully saturated rings. The zero-order valence-electron chi connectivity index (χ0n) is 18.2. The smallest absolute Gasteiger partial charge is 0.344 e. The van der Waals surface area contributed by atoms with Crippen molar-refractivity contribution >= 4 is 43.5 Å². The van der Waals surface area contributed by atoms with Crippen LogP contribution in [-0.4, -0.2) is 4.57 Å². The van der Waals surface area contributed by atoms with Gasteiger partial charge in [-0.2, -0.15) is 0 Å². The third-order valence-corrected chi connectivity index (χ3v) is 6.64. The Morgan fingerprint density at radius 2 is 1.26 bits per heavy atom. The zero-order chi connectivity index (χ0) is 22.6. The van der Waals surface area contributed by atoms with Gasteiger partial charge in [0.25, 0.3) is 0 Å². The van der Waals surface area contributed by atoms with Crippen LogP contribution in [-0.2, 0) is 0 Å². The second kappa shape index (κ2) is 7.19. The van der Waals surface area contributed by atoms with Crippen LogP contribution in [0.5, 0.6) is 0 Å². The molecule has 0 radical (unpaired) electrons. The van der Waals surface area contributed by atoms with Crippen molar-refractivity contribution in [2.24, 2.45) is 0 Å². The standard InChI is InChI=1S/C31H19NO2/c33-31-25-13-5-4-12-24(25)30-22(14-8-16-29(30)34-31)20-17-18-28-26(19-20)23-11-6-7-15-27(23)32(28)21-9-2-1-3-10-21/h1-19H. The molecule has 7 rings (SSSR count). The molecule has 34 heavy (non-hydrogen) atoms. The van der Waals surface area contributed by atoms with Crippen LogP contribution in [0.15, 0.2) is 124 Å². The van der Waals surface area contributed by atoms with Crippen LogP contribution in [0.25, 0.3) is 60.4 Å². The van der Waals surface area contributed by atoms with E-state index in [0.717, 1.165) is 33.1 Å². The van der Waals surface area contributed by atoms with Gasteiger partial charge in [0, 0.05) is 27.2 Å². The molecule has 0 spiro atoms. The van der Waals surface area contributed by atoms with Crippen molar-refractivity contribution in [2.75, 3.05) is 0 Å². The predicted molar refractivity (Wildman–Crippen MR) is 140 cm³/mol. The lowest BCUT2D eigenvalue weighted by atomic mass is 9.96. The Morgan fingerprint density at radius 1 is 0.559 bits per heavy atom. The van der Waals surface area contributed by atoms with Gasteiger partial charge in [0.1, 0.15) is 5.58 Å². The molecule has 0 saturated carbocycles. The number of hydrogen-bond donors (Lipinski definition) is 0. The van der Waals surface area contributed by atoms with Gasteiger partial charge in [0.15, 0.2) is 0 Å². The molecule has 0 bridgehead atoms. The molecule has 0 atom stereocenters. The van der Waals surface area contributed by atoms with Crippen molar-refractivity contribution < 1.29 is 4.42 Å². The Balaban J connectivity index is 1.57. The van der Waals surface area contributed by atoms with E-state index < -0.39 is 0 Å². The van der Waals surface area contributed by atoms with Gasteiger partial charge in [0.05, 0.1) is 16.4 Å². The van der Waals surface area contributed by atoms with Crippen LogP contribution in [0.1, 0.15) is 0 Å². The fourth-order valence-corrected chi connectivity index (χ4v) is 5.16. The molecular formula is C31H19NO2. The Kier molecular flexibility index (Phi) is 4.00. The highest BCUT2D eigenvalue weighted by atomic mass is 16.4. The van der Waals surface area contributed by atoms with Crippen LogP contribution >= 0.6 is 0 Å². The van der Waals surface area contributed by atoms with Gasteiger partial charge in [-0.3, -0.25) is 0 Å². The van der Waals surface area contributed by atoms with Gasteiger partial charge in [-0.1, -0.05) is 72.8 Å². The first-order valence-corrected chi connectivity index (χ1v) is 11.3. The average Bonchev–Trinajstić information content (AvgIpc) is 3.23. The van der Waals surface area contributed by atoms with Crippen LogP contribution in [0.4, 0.5) is 0 Å². The predicted octanol–water partition coefficient (Wildman–Crippen LogP) is 7.71. The summed E-state index contributed by atoms with van der Waals surface area (Å²) < 4.78 is 8.01. The minimum Gasteiger partial charge on any atom is -0.422 e. The third kappa shape index (κ3) is 2.67. The summed E-state index contributed by atoms with van der Waals surface area (Å²) in [5.74, 6) is 0. The number of nitrogens with zero attached hydrogens (tertiary/aromatic N) is 1. The maximum absolute atomic E-state index is 12.5. The van der Waals surface area contributed by atoms with Gasteiger partial charge in [0.2, 0.25) is 0 Å². The second-order valence-electron chi connectivity index (χ2n) is 8.53. The number of fused-ring (bicyclic) bond motifs is 6. The lowest BCUT2D eigenvalue weighted by Crippen LogP contribution is -2.00. The number of hydrogen-bond acceptors (Lipinski definition) is 2. The van der Waals surface area contributed by atoms with Crippen LogP contribution in [0.2, 0.25) is 0 Å². The van der Waals surface area contributed by atoms with Crippen LogP contribution in [0.3, 0.4) is 0 Å². The normalized spacial score (nSPS) is 11.6. The number of para-hydroxylation sites is 2. The molecule has 0 unspecified atom stereocenters. The summed E-state index contributed by atoms with van der Waals surface area (Å²) in [6.45, 7) is 0. The maximum atomic E-state index is 12.5. The molecule has 3 nitrogen and oxygen atoms in total. The van der Waals surface area contributed by atoms with Gasteiger partial charge in [-0.15, -0.1) is 0 Å². The Bertz CT molecular complexity index is 1930. The highest BCUT2D eigenvalue weighted by molar-refractivity contribution is 6.14. The summed E-state index contributed by atoms with van der Waals surface area (Å²) in [5, 5.41) is 4.87. The lowest BCUT2D eigenvalue weighted by Gasteiger charge is -2.10. The summed E-state index contributed by atoms with van der Waals surface area (Å²) in [6.07, 6.45) is 0. The molecule has 3 heteroatoms. The molecule has 0 aliphatic rings. The van der Waals surface area contributed by atoms with E-state index in [1.54, 1.807) is 0 Å². The van der Waals surface area contributed by atoms with E-state index in [1.165, 1.54) is 16.3 Å². The van der Waals surface area contributed by atoms with Crippen molar-refractivity contribution in [3.8, 4) is 16.8 Å². The van der Waals surface area contributed by atoms with Crippen molar-refractivity contribution in [1.29, 1.82) is 0 Å². The Hall–Kier alpha value is -4.63. The maximum Gasteiger partial charge on any atom is 0.344 e. The summed E-state index contributed by atoms with van der Waals surface area (Å²) in [6, 6.07) is 39.2. The topological polar surface area (TPSA) is 35.1 Å². The largest absolute Gasteiger partial charge is 0.422 e. The zero-order valence-corrected chi connectivity index (χ0v) is 18.2. The summed E-state index contributed by atoms with van der Waals surface area (Å²) >= 11 is 0. The molecule has 5 aromatic carbocycles. The van der Waals surface area contributed by atoms with Gasteiger partial charge >= 0.3 is 5.63 Å². The molecule has 160 valence electrons. The first-order valence-electron chi connectivity index (χ1n) is 11.3. The van der Waals surface area contributed by atoms with Crippen molar-refractivity contribution in [1.82, 2.24) is 4.57 Å². The van der Waals surface area contributed by atoms with E-state index in [1.807, 2.05) is 42.5 Å². The molecule has 0 aliphatic carbocycles. The fourth-order valence-electron chi connectivity index (χ4n) is 5.16. The van der Waals surface area contributed by atoms with Gasteiger partial charge in [-0.05, 0) is 53.6 Å². The van der Waals surface area contributed by atoms with Gasteiger partial charge < -0.3 is 8.98 Å². The van der Waals surface area contributed by atoms with E-state index in [0.29, 0.717) is 11.0 Å². The first kappa shape index (κ1) is 18.9. The molecule has 0 saturated heterocycles. The van der Waals surface area contributed by atoms with E-state index in [-0.39, 0.29) is 5.63 Å². The van der Waals surface area contributed by atoms with Crippen LogP contribution in [0, 0.1) is 0 Å². The minimum atomic E-state index is -0.304. The minimum absolute atomic E-state index is 0.304. The molecule has 2 aromatic heterocycles. The van der Waals surface area contributed by atoms with Crippen molar-refractivity contribution in [3.63, 3.8) is 0 Å². The molecular weight excluding hydrogens is 418 g/mol. The quantitative estimate of drug-likeness (QED) is 0.205. The lowest BCUT2D eigenvalue weighted by molar-refractivity contribution is 0.570. The fraction of sp³-hybridized carbons (Fsp3) is 0. The number of rotatable bonds is 2. The summed E-state index contributed by atoms with van der Waals surface area (Å²) in [5.41, 5.74) is 5.92. The van der Waals surface area contributed by atoms with Crippen molar-refractivity contribution in [2.45, 2.75) is 0 Å². The van der Waals surface area contributed by atoms with E-state index in [4.69, 9.17) is 4.42 Å². The van der Waals surface area contributed by atoms with E-state index in [2.05, 4.69) is 77.4 Å². The molecule has 0 N–H and O–H groups in total.